The summed E-state index contributed by atoms with van der Waals surface area (Å²) < 4.78 is 9.79. The van der Waals surface area contributed by atoms with Crippen LogP contribution in [0.15, 0.2) is 0 Å². The van der Waals surface area contributed by atoms with E-state index in [1.54, 1.807) is 7.11 Å². The molecule has 56 valence electrons. The number of hydrogen-bond donors (Lipinski definition) is 0. The number of ether oxygens (including phenoxy) is 2. The van der Waals surface area contributed by atoms with Crippen molar-refractivity contribution in [2.75, 3.05) is 25.5 Å². The maximum absolute atomic E-state index is 5.41. The summed E-state index contributed by atoms with van der Waals surface area (Å²) in [6, 6.07) is 0. The van der Waals surface area contributed by atoms with Crippen LogP contribution in [0.1, 0.15) is 0 Å². The van der Waals surface area contributed by atoms with E-state index in [-0.39, 0.29) is 6.29 Å². The highest BCUT2D eigenvalue weighted by molar-refractivity contribution is 6.18. The number of halogens is 2. The fraction of sp³-hybridized carbons (Fsp3) is 1.00. The van der Waals surface area contributed by atoms with E-state index in [2.05, 4.69) is 0 Å². The maximum Gasteiger partial charge on any atom is 0.170 e. The maximum atomic E-state index is 5.41. The molecule has 0 aliphatic rings. The molecular formula is C5H10Cl2O2. The first kappa shape index (κ1) is 9.50. The van der Waals surface area contributed by atoms with Gasteiger partial charge in [-0.3, -0.25) is 0 Å². The second-order valence-corrected chi connectivity index (χ2v) is 2.07. The van der Waals surface area contributed by atoms with Gasteiger partial charge in [0.1, 0.15) is 0 Å². The lowest BCUT2D eigenvalue weighted by Gasteiger charge is -2.10. The average molecular weight is 173 g/mol. The third-order valence-corrected chi connectivity index (χ3v) is 1.18. The molecule has 0 aromatic heterocycles. The van der Waals surface area contributed by atoms with Crippen molar-refractivity contribution in [3.63, 3.8) is 0 Å². The second-order valence-electron chi connectivity index (χ2n) is 1.38. The van der Waals surface area contributed by atoms with Gasteiger partial charge in [-0.2, -0.15) is 0 Å². The van der Waals surface area contributed by atoms with E-state index in [0.29, 0.717) is 18.4 Å². The topological polar surface area (TPSA) is 18.5 Å². The van der Waals surface area contributed by atoms with Crippen molar-refractivity contribution in [1.29, 1.82) is 0 Å². The lowest BCUT2D eigenvalue weighted by Crippen LogP contribution is -2.17. The van der Waals surface area contributed by atoms with Gasteiger partial charge >= 0.3 is 0 Å². The molecule has 0 aromatic rings. The largest absolute Gasteiger partial charge is 0.355 e. The van der Waals surface area contributed by atoms with Crippen molar-refractivity contribution in [3.8, 4) is 0 Å². The molecule has 0 aromatic carbocycles. The minimum absolute atomic E-state index is 0.314. The van der Waals surface area contributed by atoms with Crippen molar-refractivity contribution < 1.29 is 9.47 Å². The number of methoxy groups -OCH3 is 1. The van der Waals surface area contributed by atoms with Crippen molar-refractivity contribution >= 4 is 23.2 Å². The van der Waals surface area contributed by atoms with E-state index < -0.39 is 0 Å². The third kappa shape index (κ3) is 4.97. The first-order chi connectivity index (χ1) is 4.35. The average Bonchev–Trinajstić information content (AvgIpc) is 1.91. The van der Waals surface area contributed by atoms with Crippen LogP contribution in [0, 0.1) is 0 Å². The van der Waals surface area contributed by atoms with Crippen molar-refractivity contribution in [2.45, 2.75) is 6.29 Å². The van der Waals surface area contributed by atoms with E-state index in [0.717, 1.165) is 0 Å². The third-order valence-electron chi connectivity index (χ3n) is 0.770. The molecule has 4 heteroatoms. The van der Waals surface area contributed by atoms with E-state index >= 15 is 0 Å². The number of rotatable bonds is 5. The zero-order valence-corrected chi connectivity index (χ0v) is 6.78. The van der Waals surface area contributed by atoms with E-state index in [1.807, 2.05) is 0 Å². The zero-order chi connectivity index (χ0) is 7.11. The first-order valence-electron chi connectivity index (χ1n) is 2.61. The Balaban J connectivity index is 3.09. The van der Waals surface area contributed by atoms with Gasteiger partial charge in [0.05, 0.1) is 12.5 Å². The Labute approximate surface area is 65.0 Å². The molecule has 0 rings (SSSR count). The highest BCUT2D eigenvalue weighted by Crippen LogP contribution is 1.95. The highest BCUT2D eigenvalue weighted by atomic mass is 35.5. The van der Waals surface area contributed by atoms with E-state index in [1.165, 1.54) is 0 Å². The van der Waals surface area contributed by atoms with Crippen LogP contribution in [0.25, 0.3) is 0 Å². The fourth-order valence-electron chi connectivity index (χ4n) is 0.352. The monoisotopic (exact) mass is 172 g/mol. The Bertz CT molecular complexity index is 56.9. The van der Waals surface area contributed by atoms with Crippen LogP contribution < -0.4 is 0 Å². The van der Waals surface area contributed by atoms with Crippen molar-refractivity contribution in [3.05, 3.63) is 0 Å². The van der Waals surface area contributed by atoms with Crippen LogP contribution in [0.5, 0.6) is 0 Å². The van der Waals surface area contributed by atoms with Gasteiger partial charge in [0, 0.05) is 13.0 Å². The molecule has 0 radical (unpaired) electrons. The minimum atomic E-state index is -0.314. The number of hydrogen-bond acceptors (Lipinski definition) is 2. The summed E-state index contributed by atoms with van der Waals surface area (Å²) in [7, 11) is 1.54. The molecule has 9 heavy (non-hydrogen) atoms. The second kappa shape index (κ2) is 6.62. The Morgan fingerprint density at radius 1 is 1.44 bits per heavy atom. The van der Waals surface area contributed by atoms with E-state index in [4.69, 9.17) is 32.7 Å². The van der Waals surface area contributed by atoms with Gasteiger partial charge in [-0.05, 0) is 0 Å². The van der Waals surface area contributed by atoms with Gasteiger partial charge in [-0.25, -0.2) is 0 Å². The molecule has 0 amide bonds. The Morgan fingerprint density at radius 3 is 2.44 bits per heavy atom. The molecule has 0 spiro atoms. The molecule has 0 heterocycles. The SMILES string of the molecule is COC(CCl)OCCCl. The predicted molar refractivity (Wildman–Crippen MR) is 38.2 cm³/mol. The molecule has 0 aliphatic carbocycles. The first-order valence-corrected chi connectivity index (χ1v) is 3.68. The highest BCUT2D eigenvalue weighted by Gasteiger charge is 2.02. The molecule has 0 saturated heterocycles. The predicted octanol–water partition coefficient (Wildman–Crippen LogP) is 1.45. The summed E-state index contributed by atoms with van der Waals surface area (Å²) in [6.45, 7) is 0.479. The number of alkyl halides is 2. The van der Waals surface area contributed by atoms with Gasteiger partial charge < -0.3 is 9.47 Å². The molecule has 0 fully saturated rings. The Kier molecular flexibility index (Phi) is 6.99. The molecule has 0 aliphatic heterocycles. The summed E-state index contributed by atoms with van der Waals surface area (Å²) in [5, 5.41) is 0. The van der Waals surface area contributed by atoms with Crippen LogP contribution in [0.3, 0.4) is 0 Å². The molecule has 0 saturated carbocycles. The zero-order valence-electron chi connectivity index (χ0n) is 5.27. The summed E-state index contributed by atoms with van der Waals surface area (Å²) in [5.74, 6) is 0.810. The van der Waals surface area contributed by atoms with Crippen molar-refractivity contribution in [2.24, 2.45) is 0 Å². The van der Waals surface area contributed by atoms with Gasteiger partial charge in [0.25, 0.3) is 0 Å². The molecule has 0 bridgehead atoms. The van der Waals surface area contributed by atoms with Gasteiger partial charge in [0.2, 0.25) is 0 Å². The van der Waals surface area contributed by atoms with Gasteiger partial charge in [0.15, 0.2) is 6.29 Å². The van der Waals surface area contributed by atoms with Gasteiger partial charge in [-0.1, -0.05) is 0 Å². The molecule has 1 atom stereocenters. The van der Waals surface area contributed by atoms with Gasteiger partial charge in [-0.15, -0.1) is 23.2 Å². The lowest BCUT2D eigenvalue weighted by molar-refractivity contribution is -0.103. The summed E-state index contributed by atoms with van der Waals surface area (Å²) in [5.41, 5.74) is 0. The summed E-state index contributed by atoms with van der Waals surface area (Å²) in [4.78, 5) is 0. The Morgan fingerprint density at radius 2 is 2.11 bits per heavy atom. The minimum Gasteiger partial charge on any atom is -0.355 e. The Hall–Kier alpha value is 0.500. The normalized spacial score (nSPS) is 13.7. The molecule has 1 unspecified atom stereocenters. The molecule has 2 nitrogen and oxygen atoms in total. The standard InChI is InChI=1S/C5H10Cl2O2/c1-8-5(4-7)9-3-2-6/h5H,2-4H2,1H3. The van der Waals surface area contributed by atoms with Crippen LogP contribution in [-0.4, -0.2) is 31.8 Å². The fourth-order valence-corrected chi connectivity index (χ4v) is 0.656. The van der Waals surface area contributed by atoms with Crippen LogP contribution >= 0.6 is 23.2 Å². The summed E-state index contributed by atoms with van der Waals surface area (Å²) >= 11 is 10.7. The smallest absolute Gasteiger partial charge is 0.170 e. The van der Waals surface area contributed by atoms with Crippen LogP contribution in [0.2, 0.25) is 0 Å². The summed E-state index contributed by atoms with van der Waals surface area (Å²) in [6.07, 6.45) is -0.314. The molecule has 0 N–H and O–H groups in total. The molecular weight excluding hydrogens is 163 g/mol. The van der Waals surface area contributed by atoms with Crippen LogP contribution in [-0.2, 0) is 9.47 Å². The van der Waals surface area contributed by atoms with E-state index in [9.17, 15) is 0 Å². The van der Waals surface area contributed by atoms with Crippen molar-refractivity contribution in [1.82, 2.24) is 0 Å². The lowest BCUT2D eigenvalue weighted by atomic mass is 10.7. The van der Waals surface area contributed by atoms with Crippen LogP contribution in [0.4, 0.5) is 0 Å². The quantitative estimate of drug-likeness (QED) is 0.462.